The Kier molecular flexibility index (Phi) is 7.11. The maximum absolute atomic E-state index is 13.0. The minimum absolute atomic E-state index is 0.250. The predicted octanol–water partition coefficient (Wildman–Crippen LogP) is 7.29. The van der Waals surface area contributed by atoms with E-state index >= 15 is 0 Å². The molecule has 33 heavy (non-hydrogen) atoms. The van der Waals surface area contributed by atoms with Gasteiger partial charge in [-0.15, -0.1) is 0 Å². The Morgan fingerprint density at radius 3 is 1.91 bits per heavy atom. The van der Waals surface area contributed by atoms with Crippen molar-refractivity contribution in [3.63, 3.8) is 0 Å². The smallest absolute Gasteiger partial charge is 0.268 e. The Labute approximate surface area is 206 Å². The fourth-order valence-electron chi connectivity index (χ4n) is 4.62. The summed E-state index contributed by atoms with van der Waals surface area (Å²) in [4.78, 5) is 13.0. The summed E-state index contributed by atoms with van der Waals surface area (Å²) < 4.78 is 0. The summed E-state index contributed by atoms with van der Waals surface area (Å²) in [6.45, 7) is 8.41. The SMILES string of the molecule is Cc1cc2c(cc1C)C(Cl)=C(/C=N\NC(=O)C1=C(Cl)c3cc(C)c(C)cc3CCC1)CCC2. The van der Waals surface area contributed by atoms with Gasteiger partial charge < -0.3 is 0 Å². The zero-order valence-electron chi connectivity index (χ0n) is 19.7. The Bertz CT molecular complexity index is 1220. The topological polar surface area (TPSA) is 41.5 Å². The number of hydrogen-bond acceptors (Lipinski definition) is 2. The van der Waals surface area contributed by atoms with Crippen LogP contribution in [0.25, 0.3) is 10.1 Å². The summed E-state index contributed by atoms with van der Waals surface area (Å²) in [5.74, 6) is -0.250. The van der Waals surface area contributed by atoms with Crippen molar-refractivity contribution < 1.29 is 4.79 Å². The summed E-state index contributed by atoms with van der Waals surface area (Å²) >= 11 is 13.5. The number of nitrogens with one attached hydrogen (secondary N) is 1. The quantitative estimate of drug-likeness (QED) is 0.363. The molecular formula is C28H30Cl2N2O. The third-order valence-corrected chi connectivity index (χ3v) is 7.76. The molecule has 5 heteroatoms. The fraction of sp³-hybridized carbons (Fsp3) is 0.357. The Morgan fingerprint density at radius 2 is 1.30 bits per heavy atom. The van der Waals surface area contributed by atoms with Gasteiger partial charge in [-0.05, 0) is 128 Å². The lowest BCUT2D eigenvalue weighted by molar-refractivity contribution is -0.117. The molecule has 0 saturated carbocycles. The predicted molar refractivity (Wildman–Crippen MR) is 140 cm³/mol. The van der Waals surface area contributed by atoms with Crippen molar-refractivity contribution in [2.45, 2.75) is 66.2 Å². The molecule has 2 aromatic rings. The Hall–Kier alpha value is -2.36. The zero-order chi connectivity index (χ0) is 23.7. The number of hydrazone groups is 1. The summed E-state index contributed by atoms with van der Waals surface area (Å²) in [6, 6.07) is 8.66. The first-order valence-corrected chi connectivity index (χ1v) is 12.3. The van der Waals surface area contributed by atoms with Gasteiger partial charge in [-0.2, -0.15) is 5.10 Å². The van der Waals surface area contributed by atoms with Gasteiger partial charge in [0.2, 0.25) is 0 Å². The average molecular weight is 481 g/mol. The molecule has 1 N–H and O–H groups in total. The van der Waals surface area contributed by atoms with Gasteiger partial charge in [0, 0.05) is 5.57 Å². The molecule has 2 aliphatic rings. The van der Waals surface area contributed by atoms with Crippen molar-refractivity contribution in [3.05, 3.63) is 79.9 Å². The van der Waals surface area contributed by atoms with Crippen LogP contribution in [0.2, 0.25) is 0 Å². The van der Waals surface area contributed by atoms with Gasteiger partial charge in [-0.3, -0.25) is 4.79 Å². The third-order valence-electron chi connectivity index (χ3n) is 6.88. The molecule has 0 saturated heterocycles. The van der Waals surface area contributed by atoms with Gasteiger partial charge in [0.1, 0.15) is 0 Å². The van der Waals surface area contributed by atoms with E-state index in [2.05, 4.69) is 62.5 Å². The van der Waals surface area contributed by atoms with E-state index in [0.29, 0.717) is 17.0 Å². The van der Waals surface area contributed by atoms with Gasteiger partial charge in [0.15, 0.2) is 0 Å². The van der Waals surface area contributed by atoms with E-state index in [1.165, 1.54) is 33.4 Å². The number of allylic oxidation sites excluding steroid dienone is 1. The van der Waals surface area contributed by atoms with Crippen LogP contribution < -0.4 is 5.43 Å². The van der Waals surface area contributed by atoms with E-state index in [-0.39, 0.29) is 5.91 Å². The van der Waals surface area contributed by atoms with Crippen molar-refractivity contribution in [2.75, 3.05) is 0 Å². The molecule has 0 aliphatic heterocycles. The van der Waals surface area contributed by atoms with E-state index in [4.69, 9.17) is 23.2 Å². The van der Waals surface area contributed by atoms with Crippen LogP contribution >= 0.6 is 23.2 Å². The molecule has 0 spiro atoms. The molecule has 3 nitrogen and oxygen atoms in total. The second kappa shape index (κ2) is 9.87. The number of fused-ring (bicyclic) bond motifs is 2. The second-order valence-electron chi connectivity index (χ2n) is 9.23. The normalized spacial score (nSPS) is 16.4. The van der Waals surface area contributed by atoms with Gasteiger partial charge in [-0.25, -0.2) is 5.43 Å². The van der Waals surface area contributed by atoms with E-state index < -0.39 is 0 Å². The largest absolute Gasteiger partial charge is 0.268 e. The zero-order valence-corrected chi connectivity index (χ0v) is 21.3. The van der Waals surface area contributed by atoms with E-state index in [9.17, 15) is 4.79 Å². The first-order chi connectivity index (χ1) is 15.8. The van der Waals surface area contributed by atoms with Crippen LogP contribution in [0.4, 0.5) is 0 Å². The van der Waals surface area contributed by atoms with E-state index in [1.54, 1.807) is 6.21 Å². The molecule has 0 radical (unpaired) electrons. The lowest BCUT2D eigenvalue weighted by Crippen LogP contribution is -2.20. The fourth-order valence-corrected chi connectivity index (χ4v) is 5.30. The first-order valence-electron chi connectivity index (χ1n) is 11.6. The molecule has 2 aliphatic carbocycles. The number of amides is 1. The highest BCUT2D eigenvalue weighted by molar-refractivity contribution is 6.51. The average Bonchev–Trinajstić information content (AvgIpc) is 3.02. The van der Waals surface area contributed by atoms with Gasteiger partial charge >= 0.3 is 0 Å². The van der Waals surface area contributed by atoms with Crippen molar-refractivity contribution in [3.8, 4) is 0 Å². The van der Waals surface area contributed by atoms with Crippen LogP contribution in [0.3, 0.4) is 0 Å². The van der Waals surface area contributed by atoms with Gasteiger partial charge in [-0.1, -0.05) is 35.3 Å². The molecular weight excluding hydrogens is 451 g/mol. The van der Waals surface area contributed by atoms with Crippen molar-refractivity contribution in [2.24, 2.45) is 5.10 Å². The minimum atomic E-state index is -0.250. The molecule has 172 valence electrons. The standard InChI is InChI=1S/C28H30Cl2N2O/c1-16-11-20-7-5-9-22(26(29)24(20)13-18(16)3)15-31-32-28(33)23-10-6-8-21-12-17(2)19(4)14-25(21)27(23)30/h11-15H,5-10H2,1-4H3,(H,32,33)/b31-15-. The van der Waals surface area contributed by atoms with Crippen LogP contribution in [-0.2, 0) is 17.6 Å². The summed E-state index contributed by atoms with van der Waals surface area (Å²) in [5.41, 5.74) is 13.7. The van der Waals surface area contributed by atoms with Crippen molar-refractivity contribution in [1.82, 2.24) is 5.43 Å². The van der Waals surface area contributed by atoms with E-state index in [1.807, 2.05) is 0 Å². The van der Waals surface area contributed by atoms with Crippen LogP contribution in [-0.4, -0.2) is 12.1 Å². The van der Waals surface area contributed by atoms with E-state index in [0.717, 1.165) is 53.8 Å². The number of aryl methyl sites for hydroxylation is 6. The molecule has 1 amide bonds. The number of benzene rings is 2. The van der Waals surface area contributed by atoms with Crippen molar-refractivity contribution >= 4 is 45.4 Å². The summed E-state index contributed by atoms with van der Waals surface area (Å²) in [6.07, 6.45) is 6.91. The second-order valence-corrected chi connectivity index (χ2v) is 9.98. The molecule has 0 atom stereocenters. The lowest BCUT2D eigenvalue weighted by atomic mass is 9.98. The summed E-state index contributed by atoms with van der Waals surface area (Å²) in [7, 11) is 0. The molecule has 0 aromatic heterocycles. The van der Waals surface area contributed by atoms with Crippen LogP contribution in [0, 0.1) is 27.7 Å². The highest BCUT2D eigenvalue weighted by Gasteiger charge is 2.22. The number of halogens is 2. The molecule has 0 unspecified atom stereocenters. The molecule has 4 rings (SSSR count). The van der Waals surface area contributed by atoms with Crippen molar-refractivity contribution in [1.29, 1.82) is 0 Å². The first kappa shape index (κ1) is 23.8. The molecule has 0 fully saturated rings. The number of hydrogen-bond donors (Lipinski definition) is 1. The van der Waals surface area contributed by atoms with Crippen LogP contribution in [0.15, 0.2) is 40.5 Å². The van der Waals surface area contributed by atoms with Gasteiger partial charge in [0.05, 0.1) is 16.3 Å². The lowest BCUT2D eigenvalue weighted by Gasteiger charge is -2.11. The van der Waals surface area contributed by atoms with Gasteiger partial charge in [0.25, 0.3) is 5.91 Å². The molecule has 0 bridgehead atoms. The van der Waals surface area contributed by atoms with Crippen LogP contribution in [0.1, 0.15) is 70.2 Å². The maximum atomic E-state index is 13.0. The summed E-state index contributed by atoms with van der Waals surface area (Å²) in [5, 5.41) is 5.52. The Morgan fingerprint density at radius 1 is 0.788 bits per heavy atom. The number of nitrogens with zero attached hydrogens (tertiary/aromatic N) is 1. The number of rotatable bonds is 3. The number of carbonyl (C=O) groups excluding carboxylic acids is 1. The highest BCUT2D eigenvalue weighted by atomic mass is 35.5. The Balaban J connectivity index is 1.57. The number of carbonyl (C=O) groups is 1. The van der Waals surface area contributed by atoms with Crippen LogP contribution in [0.5, 0.6) is 0 Å². The molecule has 0 heterocycles. The third kappa shape index (κ3) is 4.95. The monoisotopic (exact) mass is 480 g/mol. The maximum Gasteiger partial charge on any atom is 0.268 e. The highest BCUT2D eigenvalue weighted by Crippen LogP contribution is 2.35. The molecule has 2 aromatic carbocycles. The minimum Gasteiger partial charge on any atom is -0.268 e.